The van der Waals surface area contributed by atoms with E-state index in [2.05, 4.69) is 18.4 Å². The first-order valence-corrected chi connectivity index (χ1v) is 8.72. The maximum Gasteiger partial charge on any atom is 0.113 e. The van der Waals surface area contributed by atoms with E-state index in [-0.39, 0.29) is 5.54 Å². The molecule has 114 valence electrons. The minimum absolute atomic E-state index is 0.221. The number of nitrogens with two attached hydrogens (primary N) is 1. The Morgan fingerprint density at radius 3 is 2.67 bits per heavy atom. The molecule has 0 spiro atoms. The molecule has 1 saturated carbocycles. The lowest BCUT2D eigenvalue weighted by Crippen LogP contribution is -2.40. The number of aryl methyl sites for hydroxylation is 2. The average Bonchev–Trinajstić information content (AvgIpc) is 3.06. The Hall–Kier alpha value is -1.13. The Bertz CT molecular complexity index is 621. The fourth-order valence-electron chi connectivity index (χ4n) is 3.33. The van der Waals surface area contributed by atoms with Crippen molar-refractivity contribution in [2.45, 2.75) is 58.4 Å². The molecule has 3 nitrogen and oxygen atoms in total. The molecule has 2 aromatic rings. The molecule has 2 aromatic heterocycles. The molecular weight excluding hydrogens is 280 g/mol. The van der Waals surface area contributed by atoms with Crippen molar-refractivity contribution in [2.75, 3.05) is 0 Å². The molecule has 0 radical (unpaired) electrons. The molecule has 4 heteroatoms. The SMILES string of the molecule is CCC1CCC(N)(c2nc(-c3cc(C)oc3C)cs2)CC1. The standard InChI is InChI=1S/C17H24N2OS/c1-4-13-5-7-17(18,8-6-13)16-19-15(10-21-16)14-9-11(2)20-12(14)3/h9-10,13H,4-8,18H2,1-3H3. The van der Waals surface area contributed by atoms with Gasteiger partial charge in [-0.1, -0.05) is 13.3 Å². The van der Waals surface area contributed by atoms with E-state index in [1.54, 1.807) is 11.3 Å². The minimum atomic E-state index is -0.221. The van der Waals surface area contributed by atoms with Crippen LogP contribution < -0.4 is 5.73 Å². The van der Waals surface area contributed by atoms with Crippen molar-refractivity contribution >= 4 is 11.3 Å². The Labute approximate surface area is 130 Å². The van der Waals surface area contributed by atoms with E-state index in [1.807, 2.05) is 13.8 Å². The van der Waals surface area contributed by atoms with Crippen LogP contribution in [-0.4, -0.2) is 4.98 Å². The molecule has 0 amide bonds. The Balaban J connectivity index is 1.83. The van der Waals surface area contributed by atoms with Gasteiger partial charge in [0.25, 0.3) is 0 Å². The van der Waals surface area contributed by atoms with Crippen molar-refractivity contribution in [3.8, 4) is 11.3 Å². The van der Waals surface area contributed by atoms with Crippen molar-refractivity contribution in [1.29, 1.82) is 0 Å². The smallest absolute Gasteiger partial charge is 0.113 e. The van der Waals surface area contributed by atoms with Crippen LogP contribution in [0.3, 0.4) is 0 Å². The van der Waals surface area contributed by atoms with Crippen LogP contribution in [0.15, 0.2) is 15.9 Å². The van der Waals surface area contributed by atoms with Crippen LogP contribution in [0.25, 0.3) is 11.3 Å². The van der Waals surface area contributed by atoms with Gasteiger partial charge >= 0.3 is 0 Å². The van der Waals surface area contributed by atoms with Gasteiger partial charge in [0.2, 0.25) is 0 Å². The van der Waals surface area contributed by atoms with E-state index in [0.717, 1.165) is 46.5 Å². The van der Waals surface area contributed by atoms with Crippen molar-refractivity contribution in [1.82, 2.24) is 4.98 Å². The van der Waals surface area contributed by atoms with Gasteiger partial charge in [0.05, 0.1) is 11.2 Å². The van der Waals surface area contributed by atoms with E-state index in [0.29, 0.717) is 0 Å². The number of hydrogen-bond acceptors (Lipinski definition) is 4. The molecule has 0 atom stereocenters. The summed E-state index contributed by atoms with van der Waals surface area (Å²) in [6, 6.07) is 2.06. The predicted molar refractivity (Wildman–Crippen MR) is 87.4 cm³/mol. The highest BCUT2D eigenvalue weighted by molar-refractivity contribution is 7.10. The molecule has 3 rings (SSSR count). The molecule has 0 bridgehead atoms. The van der Waals surface area contributed by atoms with Gasteiger partial charge in [0.1, 0.15) is 16.5 Å². The van der Waals surface area contributed by atoms with Crippen LogP contribution >= 0.6 is 11.3 Å². The quantitative estimate of drug-likeness (QED) is 0.888. The molecule has 0 aliphatic heterocycles. The molecule has 1 aliphatic rings. The van der Waals surface area contributed by atoms with Gasteiger partial charge in [-0.3, -0.25) is 0 Å². The number of rotatable bonds is 3. The molecule has 0 unspecified atom stereocenters. The second kappa shape index (κ2) is 5.58. The number of hydrogen-bond donors (Lipinski definition) is 1. The first-order chi connectivity index (χ1) is 10.0. The highest BCUT2D eigenvalue weighted by Crippen LogP contribution is 2.41. The van der Waals surface area contributed by atoms with Gasteiger partial charge in [0.15, 0.2) is 0 Å². The first-order valence-electron chi connectivity index (χ1n) is 7.84. The average molecular weight is 304 g/mol. The molecule has 0 aromatic carbocycles. The summed E-state index contributed by atoms with van der Waals surface area (Å²) in [5, 5.41) is 3.21. The number of nitrogens with zero attached hydrogens (tertiary/aromatic N) is 1. The van der Waals surface area contributed by atoms with Gasteiger partial charge < -0.3 is 10.2 Å². The van der Waals surface area contributed by atoms with E-state index in [9.17, 15) is 0 Å². The molecule has 1 aliphatic carbocycles. The van der Waals surface area contributed by atoms with Gasteiger partial charge in [0, 0.05) is 10.9 Å². The zero-order valence-electron chi connectivity index (χ0n) is 13.1. The van der Waals surface area contributed by atoms with Crippen LogP contribution in [0.2, 0.25) is 0 Å². The molecule has 2 N–H and O–H groups in total. The topological polar surface area (TPSA) is 52.0 Å². The van der Waals surface area contributed by atoms with E-state index in [4.69, 9.17) is 15.1 Å². The summed E-state index contributed by atoms with van der Waals surface area (Å²) in [6.45, 7) is 6.24. The lowest BCUT2D eigenvalue weighted by molar-refractivity contribution is 0.231. The maximum absolute atomic E-state index is 6.66. The molecular formula is C17H24N2OS. The van der Waals surface area contributed by atoms with Gasteiger partial charge in [-0.15, -0.1) is 11.3 Å². The Morgan fingerprint density at radius 1 is 1.38 bits per heavy atom. The predicted octanol–water partition coefficient (Wildman–Crippen LogP) is 4.77. The van der Waals surface area contributed by atoms with Crippen LogP contribution in [0.4, 0.5) is 0 Å². The fourth-order valence-corrected chi connectivity index (χ4v) is 4.32. The van der Waals surface area contributed by atoms with E-state index < -0.39 is 0 Å². The van der Waals surface area contributed by atoms with Crippen molar-refractivity contribution in [3.63, 3.8) is 0 Å². The molecule has 0 saturated heterocycles. The third kappa shape index (κ3) is 2.79. The monoisotopic (exact) mass is 304 g/mol. The minimum Gasteiger partial charge on any atom is -0.466 e. The maximum atomic E-state index is 6.66. The Morgan fingerprint density at radius 2 is 2.10 bits per heavy atom. The summed E-state index contributed by atoms with van der Waals surface area (Å²) in [5.41, 5.74) is 8.54. The third-order valence-electron chi connectivity index (χ3n) is 4.82. The van der Waals surface area contributed by atoms with Crippen LogP contribution in [-0.2, 0) is 5.54 Å². The molecule has 2 heterocycles. The first kappa shape index (κ1) is 14.8. The summed E-state index contributed by atoms with van der Waals surface area (Å²) in [7, 11) is 0. The molecule has 21 heavy (non-hydrogen) atoms. The summed E-state index contributed by atoms with van der Waals surface area (Å²) in [5.74, 6) is 2.72. The summed E-state index contributed by atoms with van der Waals surface area (Å²) in [4.78, 5) is 4.83. The van der Waals surface area contributed by atoms with Gasteiger partial charge in [-0.05, 0) is 51.5 Å². The van der Waals surface area contributed by atoms with Gasteiger partial charge in [-0.25, -0.2) is 4.98 Å². The summed E-state index contributed by atoms with van der Waals surface area (Å²) in [6.07, 6.45) is 5.84. The second-order valence-corrected chi connectivity index (χ2v) is 7.23. The van der Waals surface area contributed by atoms with Crippen LogP contribution in [0.1, 0.15) is 55.6 Å². The second-order valence-electron chi connectivity index (χ2n) is 6.37. The van der Waals surface area contributed by atoms with Crippen LogP contribution in [0.5, 0.6) is 0 Å². The van der Waals surface area contributed by atoms with Gasteiger partial charge in [-0.2, -0.15) is 0 Å². The number of aromatic nitrogens is 1. The van der Waals surface area contributed by atoms with Crippen LogP contribution in [0, 0.1) is 19.8 Å². The normalized spacial score (nSPS) is 26.2. The zero-order valence-corrected chi connectivity index (χ0v) is 13.9. The molecule has 1 fully saturated rings. The summed E-state index contributed by atoms with van der Waals surface area (Å²) < 4.78 is 5.61. The summed E-state index contributed by atoms with van der Waals surface area (Å²) >= 11 is 1.70. The van der Waals surface area contributed by atoms with Crippen molar-refractivity contribution in [3.05, 3.63) is 28.0 Å². The van der Waals surface area contributed by atoms with E-state index >= 15 is 0 Å². The van der Waals surface area contributed by atoms with Crippen molar-refractivity contribution in [2.24, 2.45) is 11.7 Å². The fraction of sp³-hybridized carbons (Fsp3) is 0.588. The lowest BCUT2D eigenvalue weighted by atomic mass is 9.76. The number of furan rings is 1. The Kier molecular flexibility index (Phi) is 3.93. The highest BCUT2D eigenvalue weighted by Gasteiger charge is 2.35. The largest absolute Gasteiger partial charge is 0.466 e. The number of thiazole rings is 1. The highest BCUT2D eigenvalue weighted by atomic mass is 32.1. The third-order valence-corrected chi connectivity index (χ3v) is 5.88. The lowest BCUT2D eigenvalue weighted by Gasteiger charge is -2.35. The zero-order chi connectivity index (χ0) is 15.0. The van der Waals surface area contributed by atoms with E-state index in [1.165, 1.54) is 19.3 Å². The van der Waals surface area contributed by atoms with Crippen molar-refractivity contribution < 1.29 is 4.42 Å².